The highest BCUT2D eigenvalue weighted by molar-refractivity contribution is 14.1. The molecular formula is C51H61F4IN6O8S. The summed E-state index contributed by atoms with van der Waals surface area (Å²) in [6.07, 6.45) is 6.26. The van der Waals surface area contributed by atoms with Crippen LogP contribution in [0.3, 0.4) is 0 Å². The maximum Gasteiger partial charge on any atom is 0.277 e. The molecule has 5 N–H and O–H groups in total. The summed E-state index contributed by atoms with van der Waals surface area (Å²) in [5.74, 6) is -5.70. The van der Waals surface area contributed by atoms with Crippen molar-refractivity contribution in [2.24, 2.45) is 5.41 Å². The minimum atomic E-state index is -2.00. The van der Waals surface area contributed by atoms with Gasteiger partial charge in [0.1, 0.15) is 30.3 Å². The number of carbonyl (C=O) groups is 5. The summed E-state index contributed by atoms with van der Waals surface area (Å²) in [5, 5.41) is 18.5. The second-order valence-electron chi connectivity index (χ2n) is 19.2. The third-order valence-electron chi connectivity index (χ3n) is 12.4. The van der Waals surface area contributed by atoms with E-state index < -0.39 is 76.0 Å². The number of unbranched alkanes of at least 4 members (excludes halogenated alkanes) is 7. The molecule has 0 radical (unpaired) electrons. The number of aliphatic hydroxyl groups excluding tert-OH is 1. The first kappa shape index (κ1) is 55.1. The van der Waals surface area contributed by atoms with Crippen LogP contribution in [-0.2, 0) is 30.6 Å². The molecule has 71 heavy (non-hydrogen) atoms. The van der Waals surface area contributed by atoms with Gasteiger partial charge in [0.15, 0.2) is 23.1 Å². The Balaban J connectivity index is 0.906. The van der Waals surface area contributed by atoms with Crippen LogP contribution >= 0.6 is 33.9 Å². The minimum Gasteiger partial charge on any atom is -0.485 e. The summed E-state index contributed by atoms with van der Waals surface area (Å²) in [6.45, 7) is 6.96. The first-order valence-corrected chi connectivity index (χ1v) is 25.8. The summed E-state index contributed by atoms with van der Waals surface area (Å²) < 4.78 is 64.5. The fourth-order valence-electron chi connectivity index (χ4n) is 8.12. The number of aromatic nitrogens is 1. The van der Waals surface area contributed by atoms with Gasteiger partial charge in [0.25, 0.3) is 11.8 Å². The van der Waals surface area contributed by atoms with Gasteiger partial charge in [0, 0.05) is 35.1 Å². The minimum absolute atomic E-state index is 0.00977. The Hall–Kier alpha value is -5.19. The first-order chi connectivity index (χ1) is 33.7. The predicted molar refractivity (Wildman–Crippen MR) is 269 cm³/mol. The van der Waals surface area contributed by atoms with Crippen LogP contribution in [-0.4, -0.2) is 88.0 Å². The Bertz CT molecular complexity index is 2560. The number of nitrogens with zero attached hydrogens (tertiary/aromatic N) is 2. The lowest BCUT2D eigenvalue weighted by molar-refractivity contribution is -0.145. The van der Waals surface area contributed by atoms with Crippen molar-refractivity contribution in [3.05, 3.63) is 91.9 Å². The van der Waals surface area contributed by atoms with E-state index in [1.54, 1.807) is 38.4 Å². The van der Waals surface area contributed by atoms with Gasteiger partial charge in [-0.1, -0.05) is 71.4 Å². The van der Waals surface area contributed by atoms with Crippen LogP contribution in [0.4, 0.5) is 28.9 Å². The number of alkyl halides is 1. The first-order valence-electron chi connectivity index (χ1n) is 23.8. The number of rotatable bonds is 25. The molecule has 4 amide bonds. The molecule has 2 fully saturated rings. The molecule has 0 bridgehead atoms. The van der Waals surface area contributed by atoms with Crippen LogP contribution in [0.5, 0.6) is 5.75 Å². The number of benzene rings is 3. The SMILES string of the molecule is Cc1ncsc1-c1ccc(CNC(=O)C2C[C@@H](O)CN2C(=O)[C@@H](NC(=O)C2(F)CC2)C(C)(C)C)c(OCC(=O)CCCCCCCCCCONC(=O)c2ccc(F)c(F)c2Nc2ccc(I)cc2F)c1. The fourth-order valence-corrected chi connectivity index (χ4v) is 9.38. The lowest BCUT2D eigenvalue weighted by Gasteiger charge is -2.35. The molecule has 384 valence electrons. The smallest absolute Gasteiger partial charge is 0.277 e. The van der Waals surface area contributed by atoms with Gasteiger partial charge in [-0.2, -0.15) is 0 Å². The van der Waals surface area contributed by atoms with E-state index >= 15 is 0 Å². The Morgan fingerprint density at radius 3 is 2.31 bits per heavy atom. The Kier molecular flexibility index (Phi) is 19.4. The van der Waals surface area contributed by atoms with Crippen LogP contribution in [0.2, 0.25) is 0 Å². The van der Waals surface area contributed by atoms with Crippen LogP contribution < -0.4 is 26.2 Å². The van der Waals surface area contributed by atoms with E-state index in [0.717, 1.165) is 66.8 Å². The maximum atomic E-state index is 14.7. The maximum absolute atomic E-state index is 14.7. The number of aryl methyl sites for hydroxylation is 1. The number of anilines is 2. The zero-order valence-corrected chi connectivity index (χ0v) is 43.2. The summed E-state index contributed by atoms with van der Waals surface area (Å²) in [5.41, 5.74) is 2.51. The van der Waals surface area contributed by atoms with Crippen molar-refractivity contribution in [3.63, 3.8) is 0 Å². The van der Waals surface area contributed by atoms with Gasteiger partial charge in [-0.25, -0.2) is 28.0 Å². The normalized spacial score (nSPS) is 16.6. The van der Waals surface area contributed by atoms with Crippen molar-refractivity contribution in [2.75, 3.05) is 25.1 Å². The summed E-state index contributed by atoms with van der Waals surface area (Å²) in [6, 6.07) is 9.35. The second kappa shape index (κ2) is 25.0. The average Bonchev–Trinajstić information content (AvgIpc) is 3.73. The average molecular weight is 1120 g/mol. The molecule has 1 unspecified atom stereocenters. The standard InChI is InChI=1S/C51H61F4IN6O8S/c1-30-44(71-29-58-30)31-14-15-32(26-57-47(66)40-25-35(64)27-62(40)48(67)45(50(2,3)4)60-49(68)51(55)20-21-51)41(23-31)69-28-34(63)13-11-9-7-5-6-8-10-12-22-70-61-46(65)36-17-18-37(52)42(54)43(36)59-39-19-16-33(56)24-38(39)53/h14-19,23-24,29,35,40,45,59,64H,5-13,20-22,25-28H2,1-4H3,(H,57,66)(H,60,68)(H,61,65)/t35-,40?,45-/m1/s1. The van der Waals surface area contributed by atoms with Crippen molar-refractivity contribution in [3.8, 4) is 16.2 Å². The van der Waals surface area contributed by atoms with E-state index in [0.29, 0.717) is 34.1 Å². The number of nitrogens with one attached hydrogen (secondary N) is 4. The van der Waals surface area contributed by atoms with Gasteiger partial charge in [-0.05, 0) is 103 Å². The number of thiazole rings is 1. The number of aliphatic hydroxyl groups is 1. The number of ketones is 1. The number of β-amino-alcohol motifs (C(OH)–C–C–N with tert-alkyl or cyclic N) is 1. The van der Waals surface area contributed by atoms with E-state index in [1.165, 1.54) is 28.4 Å². The summed E-state index contributed by atoms with van der Waals surface area (Å²) in [4.78, 5) is 78.0. The number of halogens is 5. The highest BCUT2D eigenvalue weighted by Gasteiger charge is 2.53. The molecule has 2 heterocycles. The van der Waals surface area contributed by atoms with E-state index in [4.69, 9.17) is 9.57 Å². The van der Waals surface area contributed by atoms with Crippen LogP contribution in [0, 0.1) is 33.4 Å². The molecular weight excluding hydrogens is 1060 g/mol. The van der Waals surface area contributed by atoms with Gasteiger partial charge in [-0.15, -0.1) is 11.3 Å². The van der Waals surface area contributed by atoms with Crippen molar-refractivity contribution >= 4 is 74.7 Å². The quantitative estimate of drug-likeness (QED) is 0.0185. The van der Waals surface area contributed by atoms with Gasteiger partial charge in [0.05, 0.1) is 45.7 Å². The van der Waals surface area contributed by atoms with Crippen LogP contribution in [0.1, 0.15) is 119 Å². The van der Waals surface area contributed by atoms with Crippen molar-refractivity contribution in [1.82, 2.24) is 26.0 Å². The number of hydrogen-bond donors (Lipinski definition) is 5. The number of hydroxylamine groups is 1. The zero-order chi connectivity index (χ0) is 51.5. The molecule has 3 atom stereocenters. The highest BCUT2D eigenvalue weighted by Crippen LogP contribution is 2.41. The van der Waals surface area contributed by atoms with Crippen LogP contribution in [0.25, 0.3) is 10.4 Å². The Morgan fingerprint density at radius 1 is 0.944 bits per heavy atom. The molecule has 0 spiro atoms. The summed E-state index contributed by atoms with van der Waals surface area (Å²) in [7, 11) is 0. The number of carbonyl (C=O) groups excluding carboxylic acids is 5. The number of hydrogen-bond acceptors (Lipinski definition) is 11. The topological polar surface area (TPSA) is 188 Å². The van der Waals surface area contributed by atoms with E-state index in [2.05, 4.69) is 26.4 Å². The zero-order valence-electron chi connectivity index (χ0n) is 40.2. The lowest BCUT2D eigenvalue weighted by atomic mass is 9.85. The largest absolute Gasteiger partial charge is 0.485 e. The van der Waals surface area contributed by atoms with E-state index in [9.17, 15) is 46.6 Å². The number of likely N-dealkylation sites (tertiary alicyclic amines) is 1. The van der Waals surface area contributed by atoms with Crippen molar-refractivity contribution in [1.29, 1.82) is 0 Å². The van der Waals surface area contributed by atoms with E-state index in [1.807, 2.05) is 41.6 Å². The predicted octanol–water partition coefficient (Wildman–Crippen LogP) is 9.32. The number of Topliss-reactive ketones (excluding diaryl/α,β-unsaturated/α-hetero) is 1. The van der Waals surface area contributed by atoms with Gasteiger partial charge in [-0.3, -0.25) is 28.8 Å². The molecule has 4 aromatic rings. The molecule has 1 aliphatic heterocycles. The van der Waals surface area contributed by atoms with Crippen molar-refractivity contribution in [2.45, 2.75) is 135 Å². The van der Waals surface area contributed by atoms with Gasteiger partial charge < -0.3 is 30.7 Å². The monoisotopic (exact) mass is 1120 g/mol. The third-order valence-corrected chi connectivity index (χ3v) is 14.1. The molecule has 1 aliphatic carbocycles. The molecule has 14 nitrogen and oxygen atoms in total. The fraction of sp³-hybridized carbons (Fsp3) is 0.490. The number of ether oxygens (including phenoxy) is 1. The highest BCUT2D eigenvalue weighted by atomic mass is 127. The molecule has 1 aromatic heterocycles. The van der Waals surface area contributed by atoms with Crippen molar-refractivity contribution < 1.29 is 56.2 Å². The number of amides is 4. The second-order valence-corrected chi connectivity index (χ2v) is 21.3. The molecule has 20 heteroatoms. The Morgan fingerprint density at radius 2 is 1.65 bits per heavy atom. The molecule has 2 aliphatic rings. The molecule has 1 saturated heterocycles. The lowest BCUT2D eigenvalue weighted by Crippen LogP contribution is -2.59. The molecule has 6 rings (SSSR count). The third kappa shape index (κ3) is 15.2. The van der Waals surface area contributed by atoms with Gasteiger partial charge >= 0.3 is 0 Å². The van der Waals surface area contributed by atoms with Crippen LogP contribution in [0.15, 0.2) is 54.0 Å². The van der Waals surface area contributed by atoms with E-state index in [-0.39, 0.29) is 62.6 Å². The summed E-state index contributed by atoms with van der Waals surface area (Å²) >= 11 is 3.37. The van der Waals surface area contributed by atoms with Gasteiger partial charge in [0.2, 0.25) is 11.8 Å². The molecule has 3 aromatic carbocycles. The Labute approximate surface area is 428 Å². The molecule has 1 saturated carbocycles.